The summed E-state index contributed by atoms with van der Waals surface area (Å²) < 4.78 is 8.16. The molecule has 1 aromatic heterocycles. The van der Waals surface area contributed by atoms with Gasteiger partial charge < -0.3 is 9.30 Å². The molecule has 1 unspecified atom stereocenters. The molecular formula is C24H26N2OS. The number of aromatic nitrogens is 1. The molecule has 1 aliphatic rings. The van der Waals surface area contributed by atoms with E-state index in [1.54, 1.807) is 0 Å². The van der Waals surface area contributed by atoms with Crippen LogP contribution in [0.15, 0.2) is 71.9 Å². The normalized spacial score (nSPS) is 16.1. The van der Waals surface area contributed by atoms with Crippen LogP contribution in [0.1, 0.15) is 27.9 Å². The Morgan fingerprint density at radius 2 is 1.64 bits per heavy atom. The largest absolute Gasteiger partial charge is 0.474 e. The van der Waals surface area contributed by atoms with Gasteiger partial charge in [-0.2, -0.15) is 11.8 Å². The van der Waals surface area contributed by atoms with Crippen molar-refractivity contribution < 1.29 is 4.74 Å². The molecule has 0 spiro atoms. The molecule has 1 atom stereocenters. The maximum Gasteiger partial charge on any atom is 0.233 e. The van der Waals surface area contributed by atoms with E-state index in [2.05, 4.69) is 85.3 Å². The van der Waals surface area contributed by atoms with Crippen LogP contribution in [0.5, 0.6) is 0 Å². The standard InChI is InChI=1S/C24H26N2OS/c1-18-5-9-20(10-6-18)14-26-13-3-4-23(26)24-25-22(15-27-24)17-28-16-21-11-7-19(2)8-12-21/h3-13,22H,14-17H2,1-2H3. The highest BCUT2D eigenvalue weighted by Crippen LogP contribution is 2.20. The van der Waals surface area contributed by atoms with Gasteiger partial charge in [-0.15, -0.1) is 0 Å². The summed E-state index contributed by atoms with van der Waals surface area (Å²) in [6.07, 6.45) is 2.10. The lowest BCUT2D eigenvalue weighted by molar-refractivity contribution is 0.323. The molecule has 2 heterocycles. The molecule has 0 N–H and O–H groups in total. The third-order valence-corrected chi connectivity index (χ3v) is 6.09. The fourth-order valence-electron chi connectivity index (χ4n) is 3.27. The first kappa shape index (κ1) is 18.9. The monoisotopic (exact) mass is 390 g/mol. The van der Waals surface area contributed by atoms with Crippen molar-refractivity contribution in [3.63, 3.8) is 0 Å². The predicted octanol–water partition coefficient (Wildman–Crippen LogP) is 5.23. The summed E-state index contributed by atoms with van der Waals surface area (Å²) in [5.41, 5.74) is 6.30. The fraction of sp³-hybridized carbons (Fsp3) is 0.292. The van der Waals surface area contributed by atoms with Gasteiger partial charge >= 0.3 is 0 Å². The zero-order chi connectivity index (χ0) is 19.3. The Balaban J connectivity index is 1.35. The van der Waals surface area contributed by atoms with Crippen molar-refractivity contribution in [2.24, 2.45) is 4.99 Å². The fourth-order valence-corrected chi connectivity index (χ4v) is 4.26. The van der Waals surface area contributed by atoms with E-state index >= 15 is 0 Å². The summed E-state index contributed by atoms with van der Waals surface area (Å²) in [5.74, 6) is 2.78. The molecule has 0 fully saturated rings. The van der Waals surface area contributed by atoms with E-state index in [0.29, 0.717) is 6.61 Å². The van der Waals surface area contributed by atoms with Gasteiger partial charge in [0.1, 0.15) is 12.3 Å². The Morgan fingerprint density at radius 3 is 2.36 bits per heavy atom. The lowest BCUT2D eigenvalue weighted by Gasteiger charge is -2.09. The van der Waals surface area contributed by atoms with E-state index < -0.39 is 0 Å². The third-order valence-electron chi connectivity index (χ3n) is 4.93. The van der Waals surface area contributed by atoms with E-state index in [4.69, 9.17) is 9.73 Å². The number of ether oxygens (including phenoxy) is 1. The van der Waals surface area contributed by atoms with Crippen molar-refractivity contribution in [2.45, 2.75) is 32.2 Å². The number of thioether (sulfide) groups is 1. The molecule has 144 valence electrons. The molecule has 0 saturated carbocycles. The van der Waals surface area contributed by atoms with E-state index in [-0.39, 0.29) is 6.04 Å². The highest BCUT2D eigenvalue weighted by atomic mass is 32.2. The highest BCUT2D eigenvalue weighted by Gasteiger charge is 2.22. The van der Waals surface area contributed by atoms with Gasteiger partial charge in [0.25, 0.3) is 0 Å². The second-order valence-corrected chi connectivity index (χ2v) is 8.44. The molecule has 3 aromatic rings. The van der Waals surface area contributed by atoms with Gasteiger partial charge in [0.15, 0.2) is 0 Å². The van der Waals surface area contributed by atoms with Crippen molar-refractivity contribution in [2.75, 3.05) is 12.4 Å². The Bertz CT molecular complexity index is 941. The second-order valence-electron chi connectivity index (χ2n) is 7.41. The molecule has 3 nitrogen and oxygen atoms in total. The first-order valence-electron chi connectivity index (χ1n) is 9.72. The van der Waals surface area contributed by atoms with Crippen LogP contribution in [0, 0.1) is 13.8 Å². The average molecular weight is 391 g/mol. The topological polar surface area (TPSA) is 26.5 Å². The molecule has 0 amide bonds. The first-order chi connectivity index (χ1) is 13.7. The minimum Gasteiger partial charge on any atom is -0.474 e. The zero-order valence-corrected chi connectivity index (χ0v) is 17.3. The number of hydrogen-bond donors (Lipinski definition) is 0. The van der Waals surface area contributed by atoms with Crippen molar-refractivity contribution in [3.8, 4) is 0 Å². The van der Waals surface area contributed by atoms with Crippen molar-refractivity contribution in [3.05, 3.63) is 94.8 Å². The number of nitrogens with zero attached hydrogens (tertiary/aromatic N) is 2. The van der Waals surface area contributed by atoms with E-state index in [1.807, 2.05) is 11.8 Å². The van der Waals surface area contributed by atoms with Crippen LogP contribution in [0.4, 0.5) is 0 Å². The van der Waals surface area contributed by atoms with Crippen LogP contribution in [-0.2, 0) is 17.0 Å². The number of rotatable bonds is 7. The summed E-state index contributed by atoms with van der Waals surface area (Å²) in [6.45, 7) is 5.74. The molecule has 4 rings (SSSR count). The van der Waals surface area contributed by atoms with Crippen LogP contribution in [-0.4, -0.2) is 28.9 Å². The molecule has 1 aliphatic heterocycles. The Labute approximate surface area is 171 Å². The van der Waals surface area contributed by atoms with E-state index in [1.165, 1.54) is 22.3 Å². The van der Waals surface area contributed by atoms with Crippen LogP contribution < -0.4 is 0 Å². The molecular weight excluding hydrogens is 364 g/mol. The smallest absolute Gasteiger partial charge is 0.233 e. The van der Waals surface area contributed by atoms with Crippen molar-refractivity contribution >= 4 is 17.7 Å². The van der Waals surface area contributed by atoms with Gasteiger partial charge in [0, 0.05) is 24.2 Å². The summed E-state index contributed by atoms with van der Waals surface area (Å²) in [7, 11) is 0. The Kier molecular flexibility index (Phi) is 5.87. The first-order valence-corrected chi connectivity index (χ1v) is 10.9. The number of aryl methyl sites for hydroxylation is 2. The van der Waals surface area contributed by atoms with E-state index in [9.17, 15) is 0 Å². The molecule has 0 aliphatic carbocycles. The Morgan fingerprint density at radius 1 is 0.964 bits per heavy atom. The maximum atomic E-state index is 5.94. The third kappa shape index (κ3) is 4.68. The zero-order valence-electron chi connectivity index (χ0n) is 16.5. The van der Waals surface area contributed by atoms with Gasteiger partial charge in [0.05, 0.1) is 6.04 Å². The van der Waals surface area contributed by atoms with Crippen molar-refractivity contribution in [1.82, 2.24) is 4.57 Å². The van der Waals surface area contributed by atoms with Crippen LogP contribution >= 0.6 is 11.8 Å². The van der Waals surface area contributed by atoms with Crippen LogP contribution in [0.25, 0.3) is 0 Å². The number of hydrogen-bond acceptors (Lipinski definition) is 3. The van der Waals surface area contributed by atoms with Crippen LogP contribution in [0.3, 0.4) is 0 Å². The molecule has 0 saturated heterocycles. The Hall–Kier alpha value is -2.46. The second kappa shape index (κ2) is 8.70. The molecule has 0 radical (unpaired) electrons. The minimum atomic E-state index is 0.230. The quantitative estimate of drug-likeness (QED) is 0.552. The highest BCUT2D eigenvalue weighted by molar-refractivity contribution is 7.98. The van der Waals surface area contributed by atoms with Gasteiger partial charge in [0.2, 0.25) is 5.90 Å². The van der Waals surface area contributed by atoms with Crippen molar-refractivity contribution in [1.29, 1.82) is 0 Å². The van der Waals surface area contributed by atoms with Gasteiger partial charge in [-0.25, -0.2) is 4.99 Å². The molecule has 4 heteroatoms. The molecule has 0 bridgehead atoms. The summed E-state index contributed by atoms with van der Waals surface area (Å²) >= 11 is 1.92. The van der Waals surface area contributed by atoms with Gasteiger partial charge in [-0.1, -0.05) is 59.7 Å². The average Bonchev–Trinajstić information content (AvgIpc) is 3.34. The van der Waals surface area contributed by atoms with Gasteiger partial charge in [-0.05, 0) is 37.1 Å². The minimum absolute atomic E-state index is 0.230. The predicted molar refractivity (Wildman–Crippen MR) is 118 cm³/mol. The summed E-state index contributed by atoms with van der Waals surface area (Å²) in [4.78, 5) is 4.84. The number of aliphatic imine (C=N–C) groups is 1. The van der Waals surface area contributed by atoms with Crippen LogP contribution in [0.2, 0.25) is 0 Å². The lowest BCUT2D eigenvalue weighted by Crippen LogP contribution is -2.11. The summed E-state index contributed by atoms with van der Waals surface area (Å²) in [5, 5.41) is 0. The SMILES string of the molecule is Cc1ccc(CSCC2COC(c3cccn3Cc3ccc(C)cc3)=N2)cc1. The molecule has 28 heavy (non-hydrogen) atoms. The summed E-state index contributed by atoms with van der Waals surface area (Å²) in [6, 6.07) is 21.8. The maximum absolute atomic E-state index is 5.94. The number of benzene rings is 2. The molecule has 2 aromatic carbocycles. The van der Waals surface area contributed by atoms with E-state index in [0.717, 1.165) is 29.6 Å². The van der Waals surface area contributed by atoms with Gasteiger partial charge in [-0.3, -0.25) is 0 Å². The lowest BCUT2D eigenvalue weighted by atomic mass is 10.1.